The van der Waals surface area contributed by atoms with E-state index in [1.54, 1.807) is 33.2 Å². The Morgan fingerprint density at radius 1 is 1.32 bits per heavy atom. The molecule has 0 saturated carbocycles. The summed E-state index contributed by atoms with van der Waals surface area (Å²) in [5.74, 6) is -0.731. The lowest BCUT2D eigenvalue weighted by molar-refractivity contribution is 0.0822. The number of benzene rings is 1. The van der Waals surface area contributed by atoms with E-state index in [9.17, 15) is 9.18 Å². The monoisotopic (exact) mass is 266 g/mol. The van der Waals surface area contributed by atoms with Gasteiger partial charge in [-0.2, -0.15) is 0 Å². The van der Waals surface area contributed by atoms with Gasteiger partial charge in [-0.05, 0) is 18.6 Å². The molecular weight excluding hydrogens is 247 g/mol. The molecule has 0 radical (unpaired) electrons. The number of anilines is 1. The van der Waals surface area contributed by atoms with Crippen LogP contribution < -0.4 is 4.90 Å². The van der Waals surface area contributed by atoms with Gasteiger partial charge in [-0.25, -0.2) is 4.39 Å². The summed E-state index contributed by atoms with van der Waals surface area (Å²) < 4.78 is 19.9. The van der Waals surface area contributed by atoms with Crippen molar-refractivity contribution in [2.45, 2.75) is 6.92 Å². The molecule has 104 valence electrons. The molecule has 0 N–H and O–H groups in total. The largest absolute Gasteiger partial charge is 0.378 e. The van der Waals surface area contributed by atoms with Crippen molar-refractivity contribution in [2.24, 2.45) is 0 Å². The number of ether oxygens (including phenoxy) is 1. The van der Waals surface area contributed by atoms with Crippen molar-refractivity contribution < 1.29 is 13.9 Å². The van der Waals surface area contributed by atoms with Gasteiger partial charge in [0.15, 0.2) is 5.82 Å². The molecule has 1 heterocycles. The van der Waals surface area contributed by atoms with Gasteiger partial charge in [0.2, 0.25) is 0 Å². The maximum absolute atomic E-state index is 14.6. The molecule has 1 fully saturated rings. The highest BCUT2D eigenvalue weighted by molar-refractivity contribution is 5.96. The highest BCUT2D eigenvalue weighted by Gasteiger charge is 2.23. The minimum Gasteiger partial charge on any atom is -0.378 e. The van der Waals surface area contributed by atoms with E-state index in [-0.39, 0.29) is 11.5 Å². The normalized spacial score (nSPS) is 15.5. The van der Waals surface area contributed by atoms with E-state index < -0.39 is 5.82 Å². The van der Waals surface area contributed by atoms with Crippen molar-refractivity contribution in [1.29, 1.82) is 0 Å². The number of halogens is 1. The van der Waals surface area contributed by atoms with Crippen LogP contribution in [0, 0.1) is 12.7 Å². The molecule has 1 amide bonds. The van der Waals surface area contributed by atoms with Crippen LogP contribution in [0.4, 0.5) is 10.1 Å². The first kappa shape index (κ1) is 13.8. The standard InChI is InChI=1S/C14H19FN2O2/c1-10-4-5-11(17-6-8-19-9-7-17)13(15)12(10)14(18)16(2)3/h4-5H,6-9H2,1-3H3. The summed E-state index contributed by atoms with van der Waals surface area (Å²) in [6.45, 7) is 4.22. The fourth-order valence-corrected chi connectivity index (χ4v) is 2.20. The summed E-state index contributed by atoms with van der Waals surface area (Å²) in [6.07, 6.45) is 0. The van der Waals surface area contributed by atoms with Crippen molar-refractivity contribution >= 4 is 11.6 Å². The molecule has 0 unspecified atom stereocenters. The van der Waals surface area contributed by atoms with Crippen molar-refractivity contribution in [3.8, 4) is 0 Å². The summed E-state index contributed by atoms with van der Waals surface area (Å²) in [4.78, 5) is 15.4. The molecule has 1 saturated heterocycles. The Hall–Kier alpha value is -1.62. The van der Waals surface area contributed by atoms with Crippen LogP contribution in [0.5, 0.6) is 0 Å². The van der Waals surface area contributed by atoms with E-state index in [1.807, 2.05) is 4.90 Å². The lowest BCUT2D eigenvalue weighted by Gasteiger charge is -2.30. The fourth-order valence-electron chi connectivity index (χ4n) is 2.20. The highest BCUT2D eigenvalue weighted by atomic mass is 19.1. The quantitative estimate of drug-likeness (QED) is 0.816. The summed E-state index contributed by atoms with van der Waals surface area (Å²) in [5.41, 5.74) is 1.31. The lowest BCUT2D eigenvalue weighted by Crippen LogP contribution is -2.37. The number of rotatable bonds is 2. The predicted molar refractivity (Wildman–Crippen MR) is 72.2 cm³/mol. The first-order valence-corrected chi connectivity index (χ1v) is 6.36. The van der Waals surface area contributed by atoms with Gasteiger partial charge in [-0.15, -0.1) is 0 Å². The van der Waals surface area contributed by atoms with Gasteiger partial charge < -0.3 is 14.5 Å². The van der Waals surface area contributed by atoms with Gasteiger partial charge in [0.05, 0.1) is 24.5 Å². The molecule has 0 aromatic heterocycles. The lowest BCUT2D eigenvalue weighted by atomic mass is 10.0. The third kappa shape index (κ3) is 2.71. The van der Waals surface area contributed by atoms with Crippen molar-refractivity contribution in [2.75, 3.05) is 45.3 Å². The Morgan fingerprint density at radius 3 is 2.53 bits per heavy atom. The second-order valence-corrected chi connectivity index (χ2v) is 4.89. The van der Waals surface area contributed by atoms with Crippen molar-refractivity contribution in [3.05, 3.63) is 29.1 Å². The minimum atomic E-state index is -0.430. The predicted octanol–water partition coefficient (Wildman–Crippen LogP) is 1.67. The molecule has 1 aliphatic rings. The van der Waals surface area contributed by atoms with Gasteiger partial charge in [0.1, 0.15) is 0 Å². The zero-order valence-electron chi connectivity index (χ0n) is 11.6. The number of aryl methyl sites for hydroxylation is 1. The van der Waals surface area contributed by atoms with E-state index in [0.29, 0.717) is 37.6 Å². The molecular formula is C14H19FN2O2. The number of hydrogen-bond acceptors (Lipinski definition) is 3. The number of nitrogens with zero attached hydrogens (tertiary/aromatic N) is 2. The van der Waals surface area contributed by atoms with E-state index in [0.717, 1.165) is 0 Å². The topological polar surface area (TPSA) is 32.8 Å². The number of morpholine rings is 1. The summed E-state index contributed by atoms with van der Waals surface area (Å²) in [6, 6.07) is 3.53. The Morgan fingerprint density at radius 2 is 1.95 bits per heavy atom. The molecule has 0 bridgehead atoms. The van der Waals surface area contributed by atoms with E-state index in [2.05, 4.69) is 0 Å². The van der Waals surface area contributed by atoms with Crippen LogP contribution in [-0.4, -0.2) is 51.2 Å². The Labute approximate surface area is 112 Å². The van der Waals surface area contributed by atoms with E-state index in [1.165, 1.54) is 4.90 Å². The SMILES string of the molecule is Cc1ccc(N2CCOCC2)c(F)c1C(=O)N(C)C. The molecule has 4 nitrogen and oxygen atoms in total. The third-order valence-corrected chi connectivity index (χ3v) is 3.30. The number of carbonyl (C=O) groups is 1. The smallest absolute Gasteiger partial charge is 0.256 e. The minimum absolute atomic E-state index is 0.161. The van der Waals surface area contributed by atoms with Crippen molar-refractivity contribution in [1.82, 2.24) is 4.90 Å². The average molecular weight is 266 g/mol. The summed E-state index contributed by atoms with van der Waals surface area (Å²) in [7, 11) is 3.26. The summed E-state index contributed by atoms with van der Waals surface area (Å²) >= 11 is 0. The van der Waals surface area contributed by atoms with Crippen molar-refractivity contribution in [3.63, 3.8) is 0 Å². The molecule has 2 rings (SSSR count). The molecule has 1 aromatic rings. The zero-order valence-corrected chi connectivity index (χ0v) is 11.6. The van der Waals surface area contributed by atoms with Crippen LogP contribution in [0.15, 0.2) is 12.1 Å². The van der Waals surface area contributed by atoms with Crippen LogP contribution in [0.3, 0.4) is 0 Å². The molecule has 0 aliphatic carbocycles. The average Bonchev–Trinajstić information content (AvgIpc) is 2.39. The van der Waals surface area contributed by atoms with Crippen LogP contribution in [-0.2, 0) is 4.74 Å². The fraction of sp³-hybridized carbons (Fsp3) is 0.500. The van der Waals surface area contributed by atoms with Crippen LogP contribution in [0.2, 0.25) is 0 Å². The molecule has 5 heteroatoms. The first-order valence-electron chi connectivity index (χ1n) is 6.36. The van der Waals surface area contributed by atoms with Crippen LogP contribution in [0.25, 0.3) is 0 Å². The summed E-state index contributed by atoms with van der Waals surface area (Å²) in [5, 5.41) is 0. The molecule has 0 spiro atoms. The van der Waals surface area contributed by atoms with Crippen LogP contribution in [0.1, 0.15) is 15.9 Å². The van der Waals surface area contributed by atoms with Crippen LogP contribution >= 0.6 is 0 Å². The maximum atomic E-state index is 14.6. The number of amides is 1. The second-order valence-electron chi connectivity index (χ2n) is 4.89. The molecule has 1 aliphatic heterocycles. The second kappa shape index (κ2) is 5.57. The highest BCUT2D eigenvalue weighted by Crippen LogP contribution is 2.26. The van der Waals surface area contributed by atoms with Gasteiger partial charge in [-0.3, -0.25) is 4.79 Å². The maximum Gasteiger partial charge on any atom is 0.256 e. The molecule has 0 atom stereocenters. The molecule has 19 heavy (non-hydrogen) atoms. The number of hydrogen-bond donors (Lipinski definition) is 0. The number of carbonyl (C=O) groups excluding carboxylic acids is 1. The van der Waals surface area contributed by atoms with Gasteiger partial charge >= 0.3 is 0 Å². The van der Waals surface area contributed by atoms with Gasteiger partial charge in [0.25, 0.3) is 5.91 Å². The van der Waals surface area contributed by atoms with Gasteiger partial charge in [-0.1, -0.05) is 6.07 Å². The Bertz CT molecular complexity index is 483. The third-order valence-electron chi connectivity index (χ3n) is 3.30. The first-order chi connectivity index (χ1) is 9.02. The van der Waals surface area contributed by atoms with E-state index in [4.69, 9.17) is 4.74 Å². The zero-order chi connectivity index (χ0) is 14.0. The van der Waals surface area contributed by atoms with E-state index >= 15 is 0 Å². The Kier molecular flexibility index (Phi) is 4.04. The molecule has 1 aromatic carbocycles. The Balaban J connectivity index is 2.41. The van der Waals surface area contributed by atoms with Gasteiger partial charge in [0, 0.05) is 27.2 Å².